The quantitative estimate of drug-likeness (QED) is 0.801. The Kier molecular flexibility index (Phi) is 4.76. The van der Waals surface area contributed by atoms with Gasteiger partial charge in [-0.1, -0.05) is 13.8 Å². The van der Waals surface area contributed by atoms with E-state index in [0.29, 0.717) is 6.04 Å². The maximum atomic E-state index is 4.14. The molecule has 84 valence electrons. The molecular weight excluding hydrogens is 184 g/mol. The van der Waals surface area contributed by atoms with Gasteiger partial charge in [-0.25, -0.2) is 0 Å². The van der Waals surface area contributed by atoms with E-state index in [1.807, 2.05) is 12.4 Å². The lowest BCUT2D eigenvalue weighted by atomic mass is 10.0. The van der Waals surface area contributed by atoms with Gasteiger partial charge in [-0.2, -0.15) is 0 Å². The highest BCUT2D eigenvalue weighted by Gasteiger charge is 2.05. The van der Waals surface area contributed by atoms with Crippen LogP contribution in [0.2, 0.25) is 0 Å². The van der Waals surface area contributed by atoms with E-state index in [9.17, 15) is 0 Å². The molecule has 0 fully saturated rings. The maximum absolute atomic E-state index is 4.14. The summed E-state index contributed by atoms with van der Waals surface area (Å²) < 4.78 is 0. The second-order valence-electron chi connectivity index (χ2n) is 4.71. The third kappa shape index (κ3) is 4.43. The number of rotatable bonds is 5. The fourth-order valence-electron chi connectivity index (χ4n) is 1.76. The smallest absolute Gasteiger partial charge is 0.0315 e. The summed E-state index contributed by atoms with van der Waals surface area (Å²) in [5.41, 5.74) is 2.61. The largest absolute Gasteiger partial charge is 0.310 e. The van der Waals surface area contributed by atoms with Gasteiger partial charge in [-0.15, -0.1) is 0 Å². The number of hydrogen-bond acceptors (Lipinski definition) is 2. The molecule has 0 radical (unpaired) electrons. The van der Waals surface area contributed by atoms with Crippen molar-refractivity contribution in [2.45, 2.75) is 46.7 Å². The van der Waals surface area contributed by atoms with E-state index in [-0.39, 0.29) is 0 Å². The first kappa shape index (κ1) is 12.2. The lowest BCUT2D eigenvalue weighted by Crippen LogP contribution is -2.27. The van der Waals surface area contributed by atoms with Crippen molar-refractivity contribution in [1.29, 1.82) is 0 Å². The summed E-state index contributed by atoms with van der Waals surface area (Å²) in [6.45, 7) is 9.81. The van der Waals surface area contributed by atoms with E-state index in [1.165, 1.54) is 17.5 Å². The number of nitrogens with zero attached hydrogens (tertiary/aromatic N) is 1. The third-order valence-electron chi connectivity index (χ3n) is 2.61. The first-order chi connectivity index (χ1) is 7.09. The molecule has 1 rings (SSSR count). The number of aryl methyl sites for hydroxylation is 1. The fourth-order valence-corrected chi connectivity index (χ4v) is 1.76. The zero-order valence-electron chi connectivity index (χ0n) is 10.2. The molecule has 1 N–H and O–H groups in total. The van der Waals surface area contributed by atoms with Crippen molar-refractivity contribution < 1.29 is 0 Å². The summed E-state index contributed by atoms with van der Waals surface area (Å²) in [6.07, 6.45) is 5.01. The van der Waals surface area contributed by atoms with Crippen LogP contribution in [0.15, 0.2) is 18.5 Å². The van der Waals surface area contributed by atoms with Crippen LogP contribution in [-0.4, -0.2) is 11.0 Å². The van der Waals surface area contributed by atoms with E-state index < -0.39 is 0 Å². The van der Waals surface area contributed by atoms with E-state index in [4.69, 9.17) is 0 Å². The van der Waals surface area contributed by atoms with Crippen molar-refractivity contribution in [1.82, 2.24) is 10.3 Å². The van der Waals surface area contributed by atoms with Crippen molar-refractivity contribution >= 4 is 0 Å². The highest BCUT2D eigenvalue weighted by Crippen LogP contribution is 2.07. The van der Waals surface area contributed by atoms with E-state index >= 15 is 0 Å². The first-order valence-electron chi connectivity index (χ1n) is 5.72. The Labute approximate surface area is 93.1 Å². The topological polar surface area (TPSA) is 24.9 Å². The van der Waals surface area contributed by atoms with E-state index in [1.54, 1.807) is 0 Å². The fraction of sp³-hybridized carbons (Fsp3) is 0.615. The van der Waals surface area contributed by atoms with Gasteiger partial charge in [0.1, 0.15) is 0 Å². The van der Waals surface area contributed by atoms with Gasteiger partial charge in [-0.3, -0.25) is 4.98 Å². The minimum Gasteiger partial charge on any atom is -0.310 e. The van der Waals surface area contributed by atoms with Crippen LogP contribution < -0.4 is 5.32 Å². The average molecular weight is 206 g/mol. The summed E-state index contributed by atoms with van der Waals surface area (Å²) in [7, 11) is 0. The van der Waals surface area contributed by atoms with E-state index in [0.717, 1.165) is 12.5 Å². The van der Waals surface area contributed by atoms with Crippen LogP contribution in [0, 0.1) is 12.8 Å². The van der Waals surface area contributed by atoms with Gasteiger partial charge in [0, 0.05) is 25.0 Å². The molecule has 1 aromatic heterocycles. The van der Waals surface area contributed by atoms with Crippen molar-refractivity contribution in [2.75, 3.05) is 0 Å². The second-order valence-corrected chi connectivity index (χ2v) is 4.71. The van der Waals surface area contributed by atoms with Gasteiger partial charge in [0.25, 0.3) is 0 Å². The molecule has 0 aromatic carbocycles. The van der Waals surface area contributed by atoms with Gasteiger partial charge in [0.2, 0.25) is 0 Å². The van der Waals surface area contributed by atoms with Crippen LogP contribution in [0.3, 0.4) is 0 Å². The van der Waals surface area contributed by atoms with Crippen LogP contribution in [0.5, 0.6) is 0 Å². The second kappa shape index (κ2) is 5.86. The number of nitrogens with one attached hydrogen (secondary N) is 1. The Morgan fingerprint density at radius 2 is 2.07 bits per heavy atom. The summed E-state index contributed by atoms with van der Waals surface area (Å²) in [5.74, 6) is 0.752. The lowest BCUT2D eigenvalue weighted by Gasteiger charge is -2.16. The Balaban J connectivity index is 2.40. The number of pyridine rings is 1. The van der Waals surface area contributed by atoms with Gasteiger partial charge >= 0.3 is 0 Å². The van der Waals surface area contributed by atoms with Crippen molar-refractivity contribution in [3.05, 3.63) is 29.6 Å². The van der Waals surface area contributed by atoms with Gasteiger partial charge in [0.15, 0.2) is 0 Å². The average Bonchev–Trinajstić information content (AvgIpc) is 2.15. The van der Waals surface area contributed by atoms with Crippen molar-refractivity contribution in [3.8, 4) is 0 Å². The molecule has 1 aromatic rings. The molecule has 0 amide bonds. The van der Waals surface area contributed by atoms with E-state index in [2.05, 4.69) is 44.1 Å². The molecule has 1 heterocycles. The molecule has 0 aliphatic heterocycles. The number of aromatic nitrogens is 1. The van der Waals surface area contributed by atoms with Crippen LogP contribution >= 0.6 is 0 Å². The van der Waals surface area contributed by atoms with Crippen molar-refractivity contribution in [2.24, 2.45) is 5.92 Å². The monoisotopic (exact) mass is 206 g/mol. The first-order valence-corrected chi connectivity index (χ1v) is 5.72. The van der Waals surface area contributed by atoms with Crippen LogP contribution in [0.1, 0.15) is 38.3 Å². The molecule has 2 nitrogen and oxygen atoms in total. The van der Waals surface area contributed by atoms with Crippen LogP contribution in [-0.2, 0) is 6.54 Å². The summed E-state index contributed by atoms with van der Waals surface area (Å²) >= 11 is 0. The van der Waals surface area contributed by atoms with Crippen molar-refractivity contribution in [3.63, 3.8) is 0 Å². The Bertz CT molecular complexity index is 294. The molecule has 0 saturated carbocycles. The molecule has 1 unspecified atom stereocenters. The molecule has 15 heavy (non-hydrogen) atoms. The van der Waals surface area contributed by atoms with Gasteiger partial charge in [-0.05, 0) is 43.4 Å². The molecule has 0 aliphatic carbocycles. The molecular formula is C13H22N2. The molecule has 2 heteroatoms. The molecule has 0 saturated heterocycles. The number of hydrogen-bond donors (Lipinski definition) is 1. The summed E-state index contributed by atoms with van der Waals surface area (Å²) in [5, 5.41) is 3.53. The molecule has 0 aliphatic rings. The maximum Gasteiger partial charge on any atom is 0.0315 e. The molecule has 0 bridgehead atoms. The highest BCUT2D eigenvalue weighted by molar-refractivity contribution is 5.21. The summed E-state index contributed by atoms with van der Waals surface area (Å²) in [4.78, 5) is 4.14. The van der Waals surface area contributed by atoms with Gasteiger partial charge in [0.05, 0.1) is 0 Å². The predicted octanol–water partition coefficient (Wildman–Crippen LogP) is 2.91. The van der Waals surface area contributed by atoms with Crippen LogP contribution in [0.25, 0.3) is 0 Å². The summed E-state index contributed by atoms with van der Waals surface area (Å²) in [6, 6.07) is 2.63. The Morgan fingerprint density at radius 1 is 1.33 bits per heavy atom. The Morgan fingerprint density at radius 3 is 2.67 bits per heavy atom. The van der Waals surface area contributed by atoms with Crippen LogP contribution in [0.4, 0.5) is 0 Å². The zero-order valence-corrected chi connectivity index (χ0v) is 10.2. The third-order valence-corrected chi connectivity index (χ3v) is 2.61. The standard InChI is InChI=1S/C13H22N2/c1-10(2)7-12(4)15-9-13-8-14-6-5-11(13)3/h5-6,8,10,12,15H,7,9H2,1-4H3. The zero-order chi connectivity index (χ0) is 11.3. The minimum absolute atomic E-state index is 0.574. The molecule has 0 spiro atoms. The minimum atomic E-state index is 0.574. The van der Waals surface area contributed by atoms with Gasteiger partial charge < -0.3 is 5.32 Å². The normalized spacial score (nSPS) is 13.1. The molecule has 1 atom stereocenters. The highest BCUT2D eigenvalue weighted by atomic mass is 14.9. The predicted molar refractivity (Wildman–Crippen MR) is 64.7 cm³/mol. The SMILES string of the molecule is Cc1ccncc1CNC(C)CC(C)C. The Hall–Kier alpha value is -0.890. The lowest BCUT2D eigenvalue weighted by molar-refractivity contribution is 0.441.